The minimum absolute atomic E-state index is 0.652. The van der Waals surface area contributed by atoms with Gasteiger partial charge in [0, 0.05) is 6.20 Å². The standard InChI is InChI=1S/C9H16N2OS/c1-2-3-4-5-7-11-9(13)10-6-8-12-11/h6,8H,2-5,7H2,1H3,(H,10,13). The molecular formula is C9H16N2OS. The van der Waals surface area contributed by atoms with Gasteiger partial charge in [-0.15, -0.1) is 0 Å². The molecule has 0 aromatic rings. The molecule has 0 amide bonds. The first-order valence-electron chi connectivity index (χ1n) is 4.74. The lowest BCUT2D eigenvalue weighted by atomic mass is 10.2. The molecule has 1 heterocycles. The Morgan fingerprint density at radius 2 is 2.31 bits per heavy atom. The van der Waals surface area contributed by atoms with Crippen LogP contribution < -0.4 is 5.32 Å². The summed E-state index contributed by atoms with van der Waals surface area (Å²) in [4.78, 5) is 5.22. The fourth-order valence-electron chi connectivity index (χ4n) is 1.17. The summed E-state index contributed by atoms with van der Waals surface area (Å²) in [5.41, 5.74) is 0. The second-order valence-corrected chi connectivity index (χ2v) is 3.41. The molecule has 1 aliphatic rings. The topological polar surface area (TPSA) is 24.5 Å². The van der Waals surface area contributed by atoms with E-state index in [-0.39, 0.29) is 0 Å². The third kappa shape index (κ3) is 3.63. The molecule has 0 bridgehead atoms. The first-order chi connectivity index (χ1) is 6.34. The molecule has 0 atom stereocenters. The van der Waals surface area contributed by atoms with Gasteiger partial charge >= 0.3 is 0 Å². The summed E-state index contributed by atoms with van der Waals surface area (Å²) in [6.45, 7) is 3.07. The molecule has 1 N–H and O–H groups in total. The monoisotopic (exact) mass is 200 g/mol. The second kappa shape index (κ2) is 5.80. The minimum Gasteiger partial charge on any atom is -0.384 e. The maximum Gasteiger partial charge on any atom is 0.206 e. The van der Waals surface area contributed by atoms with Crippen molar-refractivity contribution in [2.24, 2.45) is 0 Å². The molecule has 0 radical (unpaired) electrons. The van der Waals surface area contributed by atoms with E-state index in [0.29, 0.717) is 5.11 Å². The van der Waals surface area contributed by atoms with Crippen LogP contribution in [0.4, 0.5) is 0 Å². The Hall–Kier alpha value is -0.770. The van der Waals surface area contributed by atoms with Crippen molar-refractivity contribution in [2.75, 3.05) is 6.54 Å². The molecular weight excluding hydrogens is 184 g/mol. The molecule has 0 unspecified atom stereocenters. The number of nitrogens with one attached hydrogen (secondary N) is 1. The third-order valence-electron chi connectivity index (χ3n) is 1.90. The van der Waals surface area contributed by atoms with Crippen LogP contribution in [0.5, 0.6) is 0 Å². The number of hydroxylamine groups is 2. The molecule has 0 spiro atoms. The van der Waals surface area contributed by atoms with Crippen molar-refractivity contribution in [3.05, 3.63) is 12.5 Å². The van der Waals surface area contributed by atoms with Gasteiger partial charge in [-0.2, -0.15) is 5.06 Å². The van der Waals surface area contributed by atoms with E-state index < -0.39 is 0 Å². The maximum atomic E-state index is 5.22. The zero-order chi connectivity index (χ0) is 9.52. The van der Waals surface area contributed by atoms with Crippen LogP contribution >= 0.6 is 12.2 Å². The first kappa shape index (κ1) is 10.3. The van der Waals surface area contributed by atoms with Gasteiger partial charge in [0.2, 0.25) is 5.11 Å². The van der Waals surface area contributed by atoms with Gasteiger partial charge in [-0.3, -0.25) is 0 Å². The predicted octanol–water partition coefficient (Wildman–Crippen LogP) is 2.16. The molecule has 1 aliphatic heterocycles. The van der Waals surface area contributed by atoms with E-state index in [1.54, 1.807) is 17.5 Å². The van der Waals surface area contributed by atoms with E-state index in [1.807, 2.05) is 0 Å². The Morgan fingerprint density at radius 1 is 1.46 bits per heavy atom. The average Bonchev–Trinajstić information content (AvgIpc) is 2.15. The summed E-state index contributed by atoms with van der Waals surface area (Å²) in [7, 11) is 0. The van der Waals surface area contributed by atoms with Crippen LogP contribution in [0.1, 0.15) is 32.6 Å². The van der Waals surface area contributed by atoms with E-state index in [2.05, 4.69) is 12.2 Å². The largest absolute Gasteiger partial charge is 0.384 e. The van der Waals surface area contributed by atoms with Crippen LogP contribution in [-0.4, -0.2) is 16.7 Å². The van der Waals surface area contributed by atoms with Gasteiger partial charge < -0.3 is 10.2 Å². The van der Waals surface area contributed by atoms with Gasteiger partial charge in [-0.1, -0.05) is 26.2 Å². The van der Waals surface area contributed by atoms with Crippen molar-refractivity contribution in [1.29, 1.82) is 0 Å². The summed E-state index contributed by atoms with van der Waals surface area (Å²) in [6.07, 6.45) is 8.21. The van der Waals surface area contributed by atoms with E-state index in [1.165, 1.54) is 19.3 Å². The molecule has 0 saturated carbocycles. The van der Waals surface area contributed by atoms with Gasteiger partial charge in [0.15, 0.2) is 0 Å². The molecule has 3 nitrogen and oxygen atoms in total. The lowest BCUT2D eigenvalue weighted by Gasteiger charge is -2.25. The van der Waals surface area contributed by atoms with Crippen molar-refractivity contribution >= 4 is 17.3 Å². The van der Waals surface area contributed by atoms with Crippen LogP contribution in [0.25, 0.3) is 0 Å². The van der Waals surface area contributed by atoms with Crippen LogP contribution in [0, 0.1) is 0 Å². The summed E-state index contributed by atoms with van der Waals surface area (Å²) in [5, 5.41) is 5.29. The fraction of sp³-hybridized carbons (Fsp3) is 0.667. The van der Waals surface area contributed by atoms with Gasteiger partial charge in [-0.05, 0) is 18.6 Å². The molecule has 4 heteroatoms. The highest BCUT2D eigenvalue weighted by molar-refractivity contribution is 7.80. The molecule has 0 aliphatic carbocycles. The number of unbranched alkanes of at least 4 members (excludes halogenated alkanes) is 3. The lowest BCUT2D eigenvalue weighted by Crippen LogP contribution is -2.39. The minimum atomic E-state index is 0.652. The van der Waals surface area contributed by atoms with E-state index in [0.717, 1.165) is 13.0 Å². The zero-order valence-electron chi connectivity index (χ0n) is 7.95. The molecule has 74 valence electrons. The maximum absolute atomic E-state index is 5.22. The summed E-state index contributed by atoms with van der Waals surface area (Å²) in [6, 6.07) is 0. The Labute approximate surface area is 84.7 Å². The Morgan fingerprint density at radius 3 is 3.00 bits per heavy atom. The number of thiocarbonyl (C=S) groups is 1. The highest BCUT2D eigenvalue weighted by Gasteiger charge is 2.10. The molecule has 0 aromatic carbocycles. The smallest absolute Gasteiger partial charge is 0.206 e. The normalized spacial score (nSPS) is 15.5. The van der Waals surface area contributed by atoms with Crippen molar-refractivity contribution in [3.63, 3.8) is 0 Å². The van der Waals surface area contributed by atoms with Gasteiger partial charge in [0.05, 0.1) is 6.54 Å². The highest BCUT2D eigenvalue weighted by Crippen LogP contribution is 2.04. The molecule has 1 rings (SSSR count). The molecule has 0 saturated heterocycles. The third-order valence-corrected chi connectivity index (χ3v) is 2.23. The van der Waals surface area contributed by atoms with E-state index >= 15 is 0 Å². The van der Waals surface area contributed by atoms with Crippen LogP contribution in [-0.2, 0) is 4.84 Å². The summed E-state index contributed by atoms with van der Waals surface area (Å²) < 4.78 is 0. The molecule has 13 heavy (non-hydrogen) atoms. The number of hydrogen-bond donors (Lipinski definition) is 1. The number of nitrogens with zero attached hydrogens (tertiary/aromatic N) is 1. The van der Waals surface area contributed by atoms with Gasteiger partial charge in [0.1, 0.15) is 6.26 Å². The van der Waals surface area contributed by atoms with E-state index in [4.69, 9.17) is 17.1 Å². The number of hydrogen-bond acceptors (Lipinski definition) is 2. The lowest BCUT2D eigenvalue weighted by molar-refractivity contribution is -0.0392. The van der Waals surface area contributed by atoms with Crippen molar-refractivity contribution in [1.82, 2.24) is 10.4 Å². The van der Waals surface area contributed by atoms with Crippen molar-refractivity contribution in [3.8, 4) is 0 Å². The van der Waals surface area contributed by atoms with Crippen LogP contribution in [0.15, 0.2) is 12.5 Å². The fourth-order valence-corrected chi connectivity index (χ4v) is 1.37. The number of rotatable bonds is 5. The van der Waals surface area contributed by atoms with Crippen molar-refractivity contribution in [2.45, 2.75) is 32.6 Å². The van der Waals surface area contributed by atoms with Crippen molar-refractivity contribution < 1.29 is 4.84 Å². The SMILES string of the molecule is CCCCCCN1OC=CNC1=S. The van der Waals surface area contributed by atoms with Gasteiger partial charge in [0.25, 0.3) is 0 Å². The van der Waals surface area contributed by atoms with Crippen LogP contribution in [0.3, 0.4) is 0 Å². The van der Waals surface area contributed by atoms with Gasteiger partial charge in [-0.25, -0.2) is 0 Å². The summed E-state index contributed by atoms with van der Waals surface area (Å²) in [5.74, 6) is 0. The molecule has 0 fully saturated rings. The average molecular weight is 200 g/mol. The zero-order valence-corrected chi connectivity index (χ0v) is 8.77. The Kier molecular flexibility index (Phi) is 4.60. The first-order valence-corrected chi connectivity index (χ1v) is 5.15. The quantitative estimate of drug-likeness (QED) is 0.543. The summed E-state index contributed by atoms with van der Waals surface area (Å²) >= 11 is 5.04. The predicted molar refractivity (Wildman–Crippen MR) is 56.8 cm³/mol. The van der Waals surface area contributed by atoms with E-state index in [9.17, 15) is 0 Å². The second-order valence-electron chi connectivity index (χ2n) is 3.02. The molecule has 0 aromatic heterocycles. The highest BCUT2D eigenvalue weighted by atomic mass is 32.1. The Bertz CT molecular complexity index is 194. The van der Waals surface area contributed by atoms with Crippen LogP contribution in [0.2, 0.25) is 0 Å². The Balaban J connectivity index is 2.13.